The lowest BCUT2D eigenvalue weighted by Crippen LogP contribution is -2.28. The molecule has 0 radical (unpaired) electrons. The summed E-state index contributed by atoms with van der Waals surface area (Å²) in [4.78, 5) is 25.1. The Hall–Kier alpha value is -3.45. The molecule has 4 heterocycles. The Morgan fingerprint density at radius 1 is 1.07 bits per heavy atom. The predicted molar refractivity (Wildman–Crippen MR) is 119 cm³/mol. The summed E-state index contributed by atoms with van der Waals surface area (Å²) in [5.74, 6) is -0.0414. The van der Waals surface area contributed by atoms with Crippen molar-refractivity contribution in [1.29, 1.82) is 0 Å². The topological polar surface area (TPSA) is 54.9 Å². The largest absolute Gasteiger partial charge is 0.334 e. The molecule has 0 unspecified atom stereocenters. The van der Waals surface area contributed by atoms with Crippen molar-refractivity contribution in [2.45, 2.75) is 20.4 Å². The first-order valence-electron chi connectivity index (χ1n) is 9.73. The van der Waals surface area contributed by atoms with Crippen LogP contribution in [0.3, 0.4) is 0 Å². The lowest BCUT2D eigenvalue weighted by atomic mass is 10.1. The molecule has 5 rings (SSSR count). The summed E-state index contributed by atoms with van der Waals surface area (Å²) in [6, 6.07) is 14.1. The predicted octanol–water partition coefficient (Wildman–Crippen LogP) is 4.60. The first-order valence-corrected chi connectivity index (χ1v) is 10.6. The van der Waals surface area contributed by atoms with Crippen LogP contribution in [0.25, 0.3) is 21.9 Å². The zero-order chi connectivity index (χ0) is 20.8. The number of aryl methyl sites for hydroxylation is 2. The Labute approximate surface area is 178 Å². The monoisotopic (exact) mass is 415 g/mol. The van der Waals surface area contributed by atoms with Gasteiger partial charge in [-0.25, -0.2) is 9.97 Å². The molecule has 30 heavy (non-hydrogen) atoms. The van der Waals surface area contributed by atoms with Gasteiger partial charge in [0.05, 0.1) is 23.6 Å². The Balaban J connectivity index is 1.47. The molecule has 7 heteroatoms. The van der Waals surface area contributed by atoms with Gasteiger partial charge in [-0.1, -0.05) is 30.3 Å². The molecule has 0 saturated carbocycles. The van der Waals surface area contributed by atoms with E-state index in [4.69, 9.17) is 4.98 Å². The molecule has 1 aromatic carbocycles. The smallest absolute Gasteiger partial charge is 0.271 e. The molecule has 0 N–H and O–H groups in total. The van der Waals surface area contributed by atoms with Gasteiger partial charge in [0.2, 0.25) is 0 Å². The van der Waals surface area contributed by atoms with Crippen LogP contribution in [0.4, 0.5) is 0 Å². The lowest BCUT2D eigenvalue weighted by molar-refractivity contribution is 0.0776. The highest BCUT2D eigenvalue weighted by Gasteiger charge is 2.21. The molecule has 0 atom stereocenters. The van der Waals surface area contributed by atoms with E-state index >= 15 is 0 Å². The van der Waals surface area contributed by atoms with Crippen LogP contribution in [-0.2, 0) is 6.54 Å². The van der Waals surface area contributed by atoms with Gasteiger partial charge in [-0.3, -0.25) is 9.20 Å². The maximum absolute atomic E-state index is 13.3. The molecular formula is C23H21N5OS. The standard InChI is InChI=1S/C23H21N5OS/c1-15-8-4-5-9-17(15)18-12-28-20(14-30-23(28)25-18)22(29)26(3)13-19-16(2)24-21-10-6-7-11-27(19)21/h4-12,14H,13H2,1-3H3. The number of nitrogens with zero attached hydrogens (tertiary/aromatic N) is 5. The average molecular weight is 416 g/mol. The van der Waals surface area contributed by atoms with Gasteiger partial charge in [0.25, 0.3) is 5.91 Å². The van der Waals surface area contributed by atoms with Crippen LogP contribution in [0.5, 0.6) is 0 Å². The van der Waals surface area contributed by atoms with Crippen molar-refractivity contribution >= 4 is 27.9 Å². The number of aromatic nitrogens is 4. The number of carbonyl (C=O) groups excluding carboxylic acids is 1. The Bertz CT molecular complexity index is 1390. The second-order valence-electron chi connectivity index (χ2n) is 7.45. The number of carbonyl (C=O) groups is 1. The number of hydrogen-bond donors (Lipinski definition) is 0. The van der Waals surface area contributed by atoms with Crippen LogP contribution in [-0.4, -0.2) is 36.6 Å². The van der Waals surface area contributed by atoms with E-state index in [0.717, 1.165) is 38.8 Å². The van der Waals surface area contributed by atoms with Crippen LogP contribution in [0.15, 0.2) is 60.2 Å². The van der Waals surface area contributed by atoms with E-state index in [1.54, 1.807) is 4.90 Å². The van der Waals surface area contributed by atoms with E-state index in [1.807, 2.05) is 70.9 Å². The third-order valence-corrected chi connectivity index (χ3v) is 6.25. The molecular weight excluding hydrogens is 394 g/mol. The fourth-order valence-electron chi connectivity index (χ4n) is 3.77. The molecule has 0 bridgehead atoms. The summed E-state index contributed by atoms with van der Waals surface area (Å²) in [6.07, 6.45) is 3.94. The number of imidazole rings is 2. The fourth-order valence-corrected chi connectivity index (χ4v) is 4.62. The molecule has 0 aliphatic rings. The van der Waals surface area contributed by atoms with Crippen LogP contribution >= 0.6 is 11.3 Å². The molecule has 1 amide bonds. The Kier molecular flexibility index (Phi) is 4.40. The molecule has 0 saturated heterocycles. The van der Waals surface area contributed by atoms with E-state index in [2.05, 4.69) is 24.0 Å². The van der Waals surface area contributed by atoms with E-state index < -0.39 is 0 Å². The van der Waals surface area contributed by atoms with Crippen molar-refractivity contribution in [1.82, 2.24) is 23.7 Å². The van der Waals surface area contributed by atoms with Crippen LogP contribution < -0.4 is 0 Å². The van der Waals surface area contributed by atoms with E-state index in [9.17, 15) is 4.79 Å². The van der Waals surface area contributed by atoms with Gasteiger partial charge < -0.3 is 9.30 Å². The van der Waals surface area contributed by atoms with Gasteiger partial charge in [-0.15, -0.1) is 11.3 Å². The quantitative estimate of drug-likeness (QED) is 0.431. The highest BCUT2D eigenvalue weighted by Crippen LogP contribution is 2.26. The summed E-state index contributed by atoms with van der Waals surface area (Å²) < 4.78 is 3.93. The molecule has 4 aromatic heterocycles. The van der Waals surface area contributed by atoms with Gasteiger partial charge in [0.15, 0.2) is 4.96 Å². The number of amides is 1. The van der Waals surface area contributed by atoms with Gasteiger partial charge in [0, 0.05) is 30.4 Å². The highest BCUT2D eigenvalue weighted by molar-refractivity contribution is 7.15. The third-order valence-electron chi connectivity index (χ3n) is 5.41. The summed E-state index contributed by atoms with van der Waals surface area (Å²) in [7, 11) is 1.83. The number of rotatable bonds is 4. The second-order valence-corrected chi connectivity index (χ2v) is 8.29. The molecule has 0 spiro atoms. The number of pyridine rings is 1. The zero-order valence-corrected chi connectivity index (χ0v) is 17.8. The van der Waals surface area contributed by atoms with Crippen molar-refractivity contribution in [2.75, 3.05) is 7.05 Å². The first kappa shape index (κ1) is 18.6. The first-order chi connectivity index (χ1) is 14.5. The summed E-state index contributed by atoms with van der Waals surface area (Å²) in [5.41, 5.74) is 6.59. The lowest BCUT2D eigenvalue weighted by Gasteiger charge is -2.17. The summed E-state index contributed by atoms with van der Waals surface area (Å²) in [6.45, 7) is 4.53. The maximum Gasteiger partial charge on any atom is 0.271 e. The molecule has 6 nitrogen and oxygen atoms in total. The third kappa shape index (κ3) is 2.98. The number of fused-ring (bicyclic) bond motifs is 2. The van der Waals surface area contributed by atoms with Crippen molar-refractivity contribution in [3.05, 3.63) is 82.9 Å². The number of benzene rings is 1. The van der Waals surface area contributed by atoms with Crippen LogP contribution in [0.2, 0.25) is 0 Å². The van der Waals surface area contributed by atoms with Crippen molar-refractivity contribution < 1.29 is 4.79 Å². The molecule has 0 aliphatic heterocycles. The summed E-state index contributed by atoms with van der Waals surface area (Å²) >= 11 is 1.48. The second kappa shape index (κ2) is 7.11. The van der Waals surface area contributed by atoms with Crippen molar-refractivity contribution in [3.8, 4) is 11.3 Å². The Morgan fingerprint density at radius 3 is 2.70 bits per heavy atom. The maximum atomic E-state index is 13.3. The van der Waals surface area contributed by atoms with E-state index in [1.165, 1.54) is 11.3 Å². The molecule has 0 aliphatic carbocycles. The fraction of sp³-hybridized carbons (Fsp3) is 0.174. The Morgan fingerprint density at radius 2 is 1.87 bits per heavy atom. The van der Waals surface area contributed by atoms with Gasteiger partial charge in [-0.05, 0) is 31.5 Å². The average Bonchev–Trinajstić information content (AvgIpc) is 3.41. The normalized spacial score (nSPS) is 11.4. The SMILES string of the molecule is Cc1ccccc1-c1cn2c(C(=O)N(C)Cc3c(C)nc4ccccn34)csc2n1. The highest BCUT2D eigenvalue weighted by atomic mass is 32.1. The van der Waals surface area contributed by atoms with Crippen LogP contribution in [0.1, 0.15) is 27.4 Å². The molecule has 5 aromatic rings. The van der Waals surface area contributed by atoms with Gasteiger partial charge in [0.1, 0.15) is 11.3 Å². The zero-order valence-electron chi connectivity index (χ0n) is 17.0. The molecule has 0 fully saturated rings. The van der Waals surface area contributed by atoms with Crippen molar-refractivity contribution in [3.63, 3.8) is 0 Å². The minimum Gasteiger partial charge on any atom is -0.334 e. The molecule has 150 valence electrons. The minimum absolute atomic E-state index is 0.0414. The minimum atomic E-state index is -0.0414. The van der Waals surface area contributed by atoms with E-state index in [-0.39, 0.29) is 5.91 Å². The number of thiazole rings is 1. The summed E-state index contributed by atoms with van der Waals surface area (Å²) in [5, 5.41) is 1.88. The number of hydrogen-bond acceptors (Lipinski definition) is 4. The van der Waals surface area contributed by atoms with E-state index in [0.29, 0.717) is 12.2 Å². The van der Waals surface area contributed by atoms with Gasteiger partial charge >= 0.3 is 0 Å². The van der Waals surface area contributed by atoms with Crippen molar-refractivity contribution in [2.24, 2.45) is 0 Å². The van der Waals surface area contributed by atoms with Gasteiger partial charge in [-0.2, -0.15) is 0 Å². The van der Waals surface area contributed by atoms with Crippen LogP contribution in [0, 0.1) is 13.8 Å².